The minimum Gasteiger partial charge on any atom is -0.508 e. The van der Waals surface area contributed by atoms with Crippen LogP contribution in [0.15, 0.2) is 84.0 Å². The van der Waals surface area contributed by atoms with E-state index in [2.05, 4.69) is 20.8 Å². The molecule has 3 aromatic carbocycles. The normalized spacial score (nSPS) is 10.6. The van der Waals surface area contributed by atoms with E-state index in [0.29, 0.717) is 27.7 Å². The van der Waals surface area contributed by atoms with Crippen molar-refractivity contribution < 1.29 is 14.7 Å². The molecule has 0 saturated heterocycles. The highest BCUT2D eigenvalue weighted by molar-refractivity contribution is 7.99. The first-order valence-electron chi connectivity index (χ1n) is 9.30. The van der Waals surface area contributed by atoms with Gasteiger partial charge in [-0.3, -0.25) is 9.59 Å². The van der Waals surface area contributed by atoms with Crippen molar-refractivity contribution in [2.24, 2.45) is 0 Å². The molecule has 0 aliphatic carbocycles. The molecule has 1 amide bonds. The third-order valence-electron chi connectivity index (χ3n) is 4.37. The number of ketones is 1. The average molecular weight is 431 g/mol. The molecular weight excluding hydrogens is 414 g/mol. The lowest BCUT2D eigenvalue weighted by Gasteiger charge is -2.07. The van der Waals surface area contributed by atoms with Gasteiger partial charge in [-0.2, -0.15) is 4.68 Å². The number of benzene rings is 3. The zero-order valence-corrected chi connectivity index (χ0v) is 17.0. The Balaban J connectivity index is 1.37. The fraction of sp³-hybridized carbons (Fsp3) is 0.0455. The highest BCUT2D eigenvalue weighted by atomic mass is 32.2. The van der Waals surface area contributed by atoms with Gasteiger partial charge in [-0.1, -0.05) is 30.0 Å². The van der Waals surface area contributed by atoms with Gasteiger partial charge in [0.15, 0.2) is 5.78 Å². The number of phenolic OH excluding ortho intramolecular Hbond substituents is 1. The zero-order valence-electron chi connectivity index (χ0n) is 16.2. The molecule has 0 bridgehead atoms. The average Bonchev–Trinajstić information content (AvgIpc) is 3.27. The van der Waals surface area contributed by atoms with E-state index in [1.807, 2.05) is 6.07 Å². The number of aromatic hydroxyl groups is 1. The molecule has 0 unspecified atom stereocenters. The summed E-state index contributed by atoms with van der Waals surface area (Å²) in [5, 5.41) is 24.2. The third-order valence-corrected chi connectivity index (χ3v) is 5.29. The predicted octanol–water partition coefficient (Wildman–Crippen LogP) is 3.60. The van der Waals surface area contributed by atoms with Crippen LogP contribution in [0.4, 0.5) is 5.69 Å². The summed E-state index contributed by atoms with van der Waals surface area (Å²) < 4.78 is 1.50. The van der Waals surface area contributed by atoms with E-state index < -0.39 is 0 Å². The third kappa shape index (κ3) is 4.96. The fourth-order valence-electron chi connectivity index (χ4n) is 2.77. The minimum atomic E-state index is -0.212. The van der Waals surface area contributed by atoms with Crippen LogP contribution in [0.2, 0.25) is 0 Å². The van der Waals surface area contributed by atoms with Crippen LogP contribution in [0.1, 0.15) is 20.7 Å². The van der Waals surface area contributed by atoms with E-state index in [1.165, 1.54) is 28.6 Å². The number of nitrogens with one attached hydrogen (secondary N) is 1. The summed E-state index contributed by atoms with van der Waals surface area (Å²) in [6.07, 6.45) is 0. The second-order valence-electron chi connectivity index (χ2n) is 6.50. The minimum absolute atomic E-state index is 0.0915. The van der Waals surface area contributed by atoms with Crippen molar-refractivity contribution in [1.29, 1.82) is 0 Å². The van der Waals surface area contributed by atoms with Gasteiger partial charge >= 0.3 is 0 Å². The molecule has 0 aliphatic heterocycles. The number of carbonyl (C=O) groups excluding carboxylic acids is 2. The Kier molecular flexibility index (Phi) is 6.04. The van der Waals surface area contributed by atoms with E-state index >= 15 is 0 Å². The highest BCUT2D eigenvalue weighted by Gasteiger charge is 2.13. The van der Waals surface area contributed by atoms with E-state index in [4.69, 9.17) is 0 Å². The first kappa shape index (κ1) is 20.3. The maximum absolute atomic E-state index is 12.6. The number of rotatable bonds is 7. The van der Waals surface area contributed by atoms with Gasteiger partial charge in [0.25, 0.3) is 5.91 Å². The second kappa shape index (κ2) is 9.23. The molecule has 0 fully saturated rings. The molecular formula is C22H17N5O3S. The largest absolute Gasteiger partial charge is 0.508 e. The van der Waals surface area contributed by atoms with Crippen LogP contribution in [0.5, 0.6) is 5.75 Å². The number of thioether (sulfide) groups is 1. The fourth-order valence-corrected chi connectivity index (χ4v) is 3.56. The van der Waals surface area contributed by atoms with E-state index in [-0.39, 0.29) is 23.2 Å². The van der Waals surface area contributed by atoms with Gasteiger partial charge in [0.2, 0.25) is 5.16 Å². The van der Waals surface area contributed by atoms with Crippen molar-refractivity contribution >= 4 is 29.1 Å². The first-order chi connectivity index (χ1) is 15.1. The van der Waals surface area contributed by atoms with Crippen LogP contribution in [0, 0.1) is 0 Å². The van der Waals surface area contributed by atoms with Crippen LogP contribution in [-0.4, -0.2) is 42.8 Å². The van der Waals surface area contributed by atoms with Crippen molar-refractivity contribution in [3.8, 4) is 11.4 Å². The van der Waals surface area contributed by atoms with E-state index in [0.717, 1.165) is 0 Å². The molecule has 4 aromatic rings. The van der Waals surface area contributed by atoms with Crippen molar-refractivity contribution in [3.63, 3.8) is 0 Å². The van der Waals surface area contributed by atoms with Crippen LogP contribution in [0.3, 0.4) is 0 Å². The Hall–Kier alpha value is -3.98. The van der Waals surface area contributed by atoms with Crippen LogP contribution in [0.25, 0.3) is 5.69 Å². The van der Waals surface area contributed by atoms with Gasteiger partial charge < -0.3 is 10.4 Å². The van der Waals surface area contributed by atoms with Crippen LogP contribution in [-0.2, 0) is 0 Å². The van der Waals surface area contributed by atoms with Gasteiger partial charge in [-0.15, -0.1) is 5.10 Å². The Labute approximate surface area is 181 Å². The van der Waals surface area contributed by atoms with Gasteiger partial charge in [-0.25, -0.2) is 0 Å². The molecule has 2 N–H and O–H groups in total. The summed E-state index contributed by atoms with van der Waals surface area (Å²) in [5.74, 6) is -0.0131. The molecule has 0 aliphatic rings. The van der Waals surface area contributed by atoms with Crippen LogP contribution >= 0.6 is 11.8 Å². The monoisotopic (exact) mass is 431 g/mol. The lowest BCUT2D eigenvalue weighted by Crippen LogP contribution is -2.12. The number of hydrogen-bond acceptors (Lipinski definition) is 7. The summed E-state index contributed by atoms with van der Waals surface area (Å²) in [5.41, 5.74) is 2.37. The first-order valence-corrected chi connectivity index (χ1v) is 10.3. The molecule has 4 rings (SSSR count). The lowest BCUT2D eigenvalue weighted by atomic mass is 10.1. The number of tetrazole rings is 1. The second-order valence-corrected chi connectivity index (χ2v) is 7.44. The molecule has 9 heteroatoms. The molecule has 1 heterocycles. The van der Waals surface area contributed by atoms with Crippen molar-refractivity contribution in [3.05, 3.63) is 90.0 Å². The number of aromatic nitrogens is 4. The van der Waals surface area contributed by atoms with Gasteiger partial charge in [0.1, 0.15) is 5.75 Å². The summed E-state index contributed by atoms with van der Waals surface area (Å²) >= 11 is 1.21. The topological polar surface area (TPSA) is 110 Å². The van der Waals surface area contributed by atoms with Crippen molar-refractivity contribution in [2.45, 2.75) is 5.16 Å². The van der Waals surface area contributed by atoms with Crippen LogP contribution < -0.4 is 5.32 Å². The highest BCUT2D eigenvalue weighted by Crippen LogP contribution is 2.21. The predicted molar refractivity (Wildman–Crippen MR) is 117 cm³/mol. The lowest BCUT2D eigenvalue weighted by molar-refractivity contribution is 0.101. The van der Waals surface area contributed by atoms with Gasteiger partial charge in [-0.05, 0) is 71.1 Å². The number of Topliss-reactive ketones (excluding diaryl/α,β-unsaturated/α-hetero) is 1. The molecule has 154 valence electrons. The Morgan fingerprint density at radius 2 is 1.61 bits per heavy atom. The molecule has 8 nitrogen and oxygen atoms in total. The molecule has 0 radical (unpaired) electrons. The molecule has 0 atom stereocenters. The van der Waals surface area contributed by atoms with Gasteiger partial charge in [0, 0.05) is 16.8 Å². The summed E-state index contributed by atoms with van der Waals surface area (Å²) in [7, 11) is 0. The maximum Gasteiger partial charge on any atom is 0.255 e. The van der Waals surface area contributed by atoms with E-state index in [1.54, 1.807) is 60.7 Å². The number of hydrogen-bond donors (Lipinski definition) is 2. The smallest absolute Gasteiger partial charge is 0.255 e. The Morgan fingerprint density at radius 1 is 0.903 bits per heavy atom. The summed E-state index contributed by atoms with van der Waals surface area (Å²) in [6, 6.07) is 22.1. The number of anilines is 1. The molecule has 31 heavy (non-hydrogen) atoms. The Bertz CT molecular complexity index is 1190. The summed E-state index contributed by atoms with van der Waals surface area (Å²) in [6.45, 7) is 0. The van der Waals surface area contributed by atoms with Crippen molar-refractivity contribution in [1.82, 2.24) is 20.2 Å². The number of amides is 1. The number of phenols is 1. The standard InChI is InChI=1S/C22H17N5O3S/c28-19-12-10-18(11-13-19)27-22(24-25-26-27)31-14-20(29)15-6-8-17(9-7-15)23-21(30)16-4-2-1-3-5-16/h1-13,28H,14H2,(H,23,30). The summed E-state index contributed by atoms with van der Waals surface area (Å²) in [4.78, 5) is 24.8. The maximum atomic E-state index is 12.6. The van der Waals surface area contributed by atoms with Crippen molar-refractivity contribution in [2.75, 3.05) is 11.1 Å². The molecule has 0 spiro atoms. The Morgan fingerprint density at radius 3 is 2.32 bits per heavy atom. The SMILES string of the molecule is O=C(CSc1nnnn1-c1ccc(O)cc1)c1ccc(NC(=O)c2ccccc2)cc1. The zero-order chi connectivity index (χ0) is 21.6. The molecule has 0 saturated carbocycles. The number of carbonyl (C=O) groups is 2. The molecule has 1 aromatic heterocycles. The van der Waals surface area contributed by atoms with E-state index in [9.17, 15) is 14.7 Å². The van der Waals surface area contributed by atoms with Gasteiger partial charge in [0.05, 0.1) is 11.4 Å². The number of nitrogens with zero attached hydrogens (tertiary/aromatic N) is 4. The quantitative estimate of drug-likeness (QED) is 0.340.